The van der Waals surface area contributed by atoms with Crippen LogP contribution in [0.25, 0.3) is 11.5 Å². The summed E-state index contributed by atoms with van der Waals surface area (Å²) in [6.45, 7) is 8.51. The molecule has 2 heterocycles. The van der Waals surface area contributed by atoms with Crippen molar-refractivity contribution in [3.8, 4) is 11.5 Å². The minimum atomic E-state index is -0.545. The van der Waals surface area contributed by atoms with E-state index in [1.54, 1.807) is 6.20 Å². The molecule has 0 aliphatic heterocycles. The summed E-state index contributed by atoms with van der Waals surface area (Å²) < 4.78 is 0. The zero-order valence-electron chi connectivity index (χ0n) is 24.4. The second-order valence-corrected chi connectivity index (χ2v) is 14.4. The third kappa shape index (κ3) is 10.2. The van der Waals surface area contributed by atoms with E-state index in [-0.39, 0.29) is 19.8 Å². The van der Waals surface area contributed by atoms with Crippen LogP contribution >= 0.6 is 15.8 Å². The Balaban J connectivity index is 0.000000171. The number of rotatable bonds is 5. The molecular formula is C35H37N4OsP2+2. The van der Waals surface area contributed by atoms with Gasteiger partial charge in [0.15, 0.2) is 0 Å². The molecule has 0 amide bonds. The van der Waals surface area contributed by atoms with Gasteiger partial charge in [-0.1, -0.05) is 72.8 Å². The van der Waals surface area contributed by atoms with E-state index >= 15 is 0 Å². The van der Waals surface area contributed by atoms with Crippen LogP contribution in [0.4, 0.5) is 0 Å². The van der Waals surface area contributed by atoms with Gasteiger partial charge in [-0.05, 0) is 85.9 Å². The van der Waals surface area contributed by atoms with Crippen molar-refractivity contribution >= 4 is 37.1 Å². The van der Waals surface area contributed by atoms with Crippen LogP contribution in [0, 0.1) is 13.8 Å². The molecule has 0 atom stereocenters. The molecule has 0 aliphatic carbocycles. The number of nitrogens with zero attached hydrogens (tertiary/aromatic N) is 4. The van der Waals surface area contributed by atoms with Crippen LogP contribution < -0.4 is 26.3 Å². The van der Waals surface area contributed by atoms with Crippen LogP contribution in [-0.4, -0.2) is 28.4 Å². The molecule has 0 fully saturated rings. The minimum absolute atomic E-state index is 0. The monoisotopic (exact) mass is 767 g/mol. The Morgan fingerprint density at radius 1 is 0.548 bits per heavy atom. The summed E-state index contributed by atoms with van der Waals surface area (Å²) in [4.78, 5) is 8.30. The van der Waals surface area contributed by atoms with Gasteiger partial charge < -0.3 is 10.1 Å². The second kappa shape index (κ2) is 17.6. The summed E-state index contributed by atoms with van der Waals surface area (Å²) in [6.07, 6.45) is 1.75. The van der Waals surface area contributed by atoms with Crippen LogP contribution in [0.2, 0.25) is 0 Å². The SMILES string of the molecule is C[PH+](c1ccccc1)c1ccccc1.C[PH+](c1ccccc1)c1ccccc1.Cc1ccnc(-c2nc(C)n[n-]2)c1.[Os+]. The molecule has 0 unspecified atom stereocenters. The Hall–Kier alpha value is -3.33. The Bertz CT molecular complexity index is 1420. The van der Waals surface area contributed by atoms with E-state index in [1.807, 2.05) is 26.0 Å². The van der Waals surface area contributed by atoms with Gasteiger partial charge in [-0.3, -0.25) is 10.1 Å². The fraction of sp³-hybridized carbons (Fsp3) is 0.114. The summed E-state index contributed by atoms with van der Waals surface area (Å²) in [5, 5.41) is 13.6. The first-order valence-corrected chi connectivity index (χ1v) is 17.7. The fourth-order valence-corrected chi connectivity index (χ4v) is 7.61. The Morgan fingerprint density at radius 2 is 0.929 bits per heavy atom. The van der Waals surface area contributed by atoms with Crippen molar-refractivity contribution in [2.45, 2.75) is 13.8 Å². The van der Waals surface area contributed by atoms with Crippen molar-refractivity contribution in [1.82, 2.24) is 20.2 Å². The maximum absolute atomic E-state index is 4.16. The molecule has 0 N–H and O–H groups in total. The predicted octanol–water partition coefficient (Wildman–Crippen LogP) is 6.07. The molecule has 1 radical (unpaired) electrons. The predicted molar refractivity (Wildman–Crippen MR) is 181 cm³/mol. The molecule has 4 nitrogen and oxygen atoms in total. The van der Waals surface area contributed by atoms with E-state index in [0.29, 0.717) is 11.6 Å². The molecule has 4 aromatic carbocycles. The molecule has 0 spiro atoms. The third-order valence-corrected chi connectivity index (χ3v) is 11.3. The van der Waals surface area contributed by atoms with Crippen molar-refractivity contribution < 1.29 is 19.8 Å². The Morgan fingerprint density at radius 3 is 1.24 bits per heavy atom. The summed E-state index contributed by atoms with van der Waals surface area (Å²) in [5.74, 6) is 1.28. The maximum atomic E-state index is 4.16. The first-order chi connectivity index (χ1) is 20.0. The zero-order valence-corrected chi connectivity index (χ0v) is 29.0. The second-order valence-electron chi connectivity index (χ2n) is 9.62. The summed E-state index contributed by atoms with van der Waals surface area (Å²) in [5.41, 5.74) is 1.92. The number of benzene rings is 4. The van der Waals surface area contributed by atoms with Gasteiger partial charge in [0.25, 0.3) is 0 Å². The van der Waals surface area contributed by atoms with Crippen molar-refractivity contribution in [1.29, 1.82) is 0 Å². The van der Waals surface area contributed by atoms with Crippen LogP contribution in [0.3, 0.4) is 0 Å². The van der Waals surface area contributed by atoms with Crippen molar-refractivity contribution in [3.05, 3.63) is 151 Å². The molecule has 0 saturated carbocycles. The third-order valence-electron chi connectivity index (χ3n) is 6.53. The van der Waals surface area contributed by atoms with E-state index < -0.39 is 15.8 Å². The van der Waals surface area contributed by atoms with Crippen LogP contribution in [0.15, 0.2) is 140 Å². The van der Waals surface area contributed by atoms with Crippen LogP contribution in [-0.2, 0) is 19.8 Å². The quantitative estimate of drug-likeness (QED) is 0.200. The molecule has 42 heavy (non-hydrogen) atoms. The molecule has 6 aromatic rings. The number of hydrogen-bond donors (Lipinski definition) is 0. The van der Waals surface area contributed by atoms with E-state index in [2.05, 4.69) is 155 Å². The van der Waals surface area contributed by atoms with Crippen molar-refractivity contribution in [2.75, 3.05) is 13.3 Å². The summed E-state index contributed by atoms with van der Waals surface area (Å²) in [6, 6.07) is 46.9. The van der Waals surface area contributed by atoms with Crippen molar-refractivity contribution in [2.24, 2.45) is 0 Å². The number of pyridine rings is 1. The first kappa shape index (κ1) is 33.2. The molecule has 2 aromatic heterocycles. The van der Waals surface area contributed by atoms with Crippen molar-refractivity contribution in [3.63, 3.8) is 0 Å². The molecule has 0 bridgehead atoms. The topological polar surface area (TPSA) is 52.8 Å². The van der Waals surface area contributed by atoms with E-state index in [1.165, 1.54) is 21.2 Å². The average molecular weight is 766 g/mol. The normalized spacial score (nSPS) is 10.1. The van der Waals surface area contributed by atoms with E-state index in [4.69, 9.17) is 0 Å². The standard InChI is InChI=1S/2C13H13P.C9H9N4.Os/c2*1-14(12-8-4-2-5-9-12)13-10-6-3-7-11-13;1-6-3-4-10-8(5-6)9-11-7(2)12-13-9;/h2*2-11H,1H3;3-5H,1-2H3;/q;;-1;+1/p+2. The molecule has 0 aliphatic rings. The number of aryl methyl sites for hydroxylation is 2. The van der Waals surface area contributed by atoms with E-state index in [0.717, 1.165) is 11.3 Å². The maximum Gasteiger partial charge on any atom is 1.00 e. The zero-order chi connectivity index (χ0) is 28.9. The summed E-state index contributed by atoms with van der Waals surface area (Å²) >= 11 is 0. The smallest absolute Gasteiger partial charge is 0.421 e. The molecule has 6 rings (SSSR count). The van der Waals surface area contributed by atoms with Gasteiger partial charge in [0.05, 0.1) is 56.1 Å². The molecule has 213 valence electrons. The van der Waals surface area contributed by atoms with Gasteiger partial charge in [-0.2, -0.15) is 0 Å². The average Bonchev–Trinajstić information content (AvgIpc) is 3.49. The number of aromatic nitrogens is 4. The van der Waals surface area contributed by atoms with Gasteiger partial charge in [-0.25, -0.2) is 0 Å². The fourth-order valence-electron chi connectivity index (χ4n) is 4.17. The van der Waals surface area contributed by atoms with Gasteiger partial charge in [0.2, 0.25) is 0 Å². The summed E-state index contributed by atoms with van der Waals surface area (Å²) in [7, 11) is -1.09. The first-order valence-electron chi connectivity index (χ1n) is 13.7. The molecule has 0 saturated heterocycles. The molecular weight excluding hydrogens is 729 g/mol. The minimum Gasteiger partial charge on any atom is -0.421 e. The number of hydrogen-bond acceptors (Lipinski definition) is 3. The molecule has 7 heteroatoms. The van der Waals surface area contributed by atoms with Gasteiger partial charge in [0.1, 0.15) is 0 Å². The van der Waals surface area contributed by atoms with Crippen LogP contribution in [0.1, 0.15) is 11.4 Å². The van der Waals surface area contributed by atoms with Gasteiger partial charge in [-0.15, -0.1) is 0 Å². The Kier molecular flexibility index (Phi) is 13.9. The van der Waals surface area contributed by atoms with Crippen LogP contribution in [0.5, 0.6) is 0 Å². The van der Waals surface area contributed by atoms with Gasteiger partial charge >= 0.3 is 19.8 Å². The van der Waals surface area contributed by atoms with Gasteiger partial charge in [0, 0.05) is 12.0 Å². The van der Waals surface area contributed by atoms with E-state index in [9.17, 15) is 0 Å². The Labute approximate surface area is 265 Å². The largest absolute Gasteiger partial charge is 1.00 e.